The summed E-state index contributed by atoms with van der Waals surface area (Å²) < 4.78 is 0. The molecule has 0 aliphatic carbocycles. The van der Waals surface area contributed by atoms with Gasteiger partial charge in [0.15, 0.2) is 0 Å². The summed E-state index contributed by atoms with van der Waals surface area (Å²) in [5.74, 6) is -0.524. The second kappa shape index (κ2) is 5.91. The highest BCUT2D eigenvalue weighted by molar-refractivity contribution is 7.10. The molecule has 2 aromatic rings. The van der Waals surface area contributed by atoms with Crippen LogP contribution in [0.15, 0.2) is 47.4 Å². The van der Waals surface area contributed by atoms with Crippen molar-refractivity contribution in [2.24, 2.45) is 0 Å². The molecule has 0 amide bonds. The first-order chi connectivity index (χ1) is 9.61. The Balaban J connectivity index is 2.37. The van der Waals surface area contributed by atoms with E-state index >= 15 is 0 Å². The van der Waals surface area contributed by atoms with Crippen LogP contribution in [0.25, 0.3) is 6.08 Å². The lowest BCUT2D eigenvalue weighted by Crippen LogP contribution is -2.02. The highest BCUT2D eigenvalue weighted by atomic mass is 32.1. The van der Waals surface area contributed by atoms with Crippen LogP contribution in [0.3, 0.4) is 0 Å². The van der Waals surface area contributed by atoms with Crippen LogP contribution in [0.1, 0.15) is 15.2 Å². The molecule has 0 N–H and O–H groups in total. The Bertz CT molecular complexity index is 727. The number of rotatable bonds is 4. The molecule has 0 aliphatic rings. The van der Waals surface area contributed by atoms with Gasteiger partial charge in [-0.05, 0) is 17.5 Å². The van der Waals surface area contributed by atoms with Crippen molar-refractivity contribution in [1.82, 2.24) is 0 Å². The number of allylic oxidation sites excluding steroid dienone is 1. The Hall–Kier alpha value is -2.78. The standard InChI is InChI=1S/C14H8N2O3S/c15-9-11(8-13-5-2-6-20-13)14(17)10-3-1-4-12(7-10)16(18)19/h1-8H/b11-8+. The van der Waals surface area contributed by atoms with E-state index in [1.807, 2.05) is 17.5 Å². The number of non-ortho nitro benzene ring substituents is 1. The molecule has 2 rings (SSSR count). The predicted molar refractivity (Wildman–Crippen MR) is 75.3 cm³/mol. The van der Waals surface area contributed by atoms with Gasteiger partial charge in [0.1, 0.15) is 11.6 Å². The third kappa shape index (κ3) is 2.96. The molecular formula is C14H8N2O3S. The van der Waals surface area contributed by atoms with Crippen molar-refractivity contribution in [3.05, 3.63) is 67.9 Å². The van der Waals surface area contributed by atoms with Crippen molar-refractivity contribution in [3.63, 3.8) is 0 Å². The Labute approximate surface area is 118 Å². The first kappa shape index (κ1) is 13.6. The van der Waals surface area contributed by atoms with Crippen molar-refractivity contribution in [1.29, 1.82) is 5.26 Å². The summed E-state index contributed by atoms with van der Waals surface area (Å²) in [6.45, 7) is 0. The van der Waals surface area contributed by atoms with Crippen LogP contribution in [0.4, 0.5) is 5.69 Å². The number of nitro groups is 1. The van der Waals surface area contributed by atoms with E-state index in [0.717, 1.165) is 4.88 Å². The minimum Gasteiger partial charge on any atom is -0.288 e. The van der Waals surface area contributed by atoms with Crippen molar-refractivity contribution >= 4 is 28.9 Å². The lowest BCUT2D eigenvalue weighted by Gasteiger charge is -1.99. The molecule has 6 heteroatoms. The number of carbonyl (C=O) groups is 1. The molecule has 1 aromatic heterocycles. The molecular weight excluding hydrogens is 276 g/mol. The largest absolute Gasteiger partial charge is 0.288 e. The number of Topliss-reactive ketones (excluding diaryl/α,β-unsaturated/α-hetero) is 1. The molecule has 0 atom stereocenters. The monoisotopic (exact) mass is 284 g/mol. The quantitative estimate of drug-likeness (QED) is 0.283. The molecule has 1 heterocycles. The van der Waals surface area contributed by atoms with Crippen molar-refractivity contribution < 1.29 is 9.72 Å². The highest BCUT2D eigenvalue weighted by Gasteiger charge is 2.15. The van der Waals surface area contributed by atoms with Gasteiger partial charge in [0, 0.05) is 22.6 Å². The zero-order valence-corrected chi connectivity index (χ0v) is 11.0. The number of thiophene rings is 1. The van der Waals surface area contributed by atoms with E-state index in [4.69, 9.17) is 5.26 Å². The topological polar surface area (TPSA) is 84.0 Å². The van der Waals surface area contributed by atoms with E-state index in [9.17, 15) is 14.9 Å². The van der Waals surface area contributed by atoms with Crippen LogP contribution in [-0.2, 0) is 0 Å². The van der Waals surface area contributed by atoms with Crippen LogP contribution < -0.4 is 0 Å². The molecule has 0 spiro atoms. The maximum Gasteiger partial charge on any atom is 0.270 e. The van der Waals surface area contributed by atoms with Gasteiger partial charge in [-0.1, -0.05) is 18.2 Å². The number of nitro benzene ring substituents is 1. The molecule has 0 bridgehead atoms. The van der Waals surface area contributed by atoms with E-state index in [1.54, 1.807) is 6.07 Å². The van der Waals surface area contributed by atoms with Gasteiger partial charge >= 0.3 is 0 Å². The van der Waals surface area contributed by atoms with Gasteiger partial charge in [-0.15, -0.1) is 11.3 Å². The van der Waals surface area contributed by atoms with Crippen LogP contribution in [0.5, 0.6) is 0 Å². The summed E-state index contributed by atoms with van der Waals surface area (Å²) >= 11 is 1.40. The molecule has 0 saturated carbocycles. The zero-order chi connectivity index (χ0) is 14.5. The van der Waals surface area contributed by atoms with Gasteiger partial charge in [-0.2, -0.15) is 5.26 Å². The maximum absolute atomic E-state index is 12.2. The molecule has 20 heavy (non-hydrogen) atoms. The van der Waals surface area contributed by atoms with Gasteiger partial charge in [0.25, 0.3) is 5.69 Å². The fraction of sp³-hybridized carbons (Fsp3) is 0. The number of hydrogen-bond donors (Lipinski definition) is 0. The first-order valence-corrected chi connectivity index (χ1v) is 6.44. The first-order valence-electron chi connectivity index (χ1n) is 5.56. The average Bonchev–Trinajstić information content (AvgIpc) is 2.97. The maximum atomic E-state index is 12.2. The molecule has 0 radical (unpaired) electrons. The summed E-state index contributed by atoms with van der Waals surface area (Å²) in [5.41, 5.74) is -0.0965. The minimum atomic E-state index is -0.578. The number of nitrogens with zero attached hydrogens (tertiary/aromatic N) is 2. The van der Waals surface area contributed by atoms with E-state index in [0.29, 0.717) is 0 Å². The van der Waals surface area contributed by atoms with Crippen LogP contribution in [0.2, 0.25) is 0 Å². The fourth-order valence-corrected chi connectivity index (χ4v) is 2.24. The zero-order valence-electron chi connectivity index (χ0n) is 10.1. The summed E-state index contributed by atoms with van der Waals surface area (Å²) in [6, 6.07) is 10.8. The SMILES string of the molecule is N#C/C(=C\c1cccs1)C(=O)c1cccc([N+](=O)[O-])c1. The molecule has 0 fully saturated rings. The van der Waals surface area contributed by atoms with Gasteiger partial charge in [-0.3, -0.25) is 14.9 Å². The fourth-order valence-electron chi connectivity index (χ4n) is 1.58. The van der Waals surface area contributed by atoms with Crippen LogP contribution in [-0.4, -0.2) is 10.7 Å². The predicted octanol–water partition coefficient (Wildman–Crippen LogP) is 3.45. The second-order valence-electron chi connectivity index (χ2n) is 3.82. The molecule has 0 unspecified atom stereocenters. The average molecular weight is 284 g/mol. The number of benzene rings is 1. The van der Waals surface area contributed by atoms with Crippen LogP contribution >= 0.6 is 11.3 Å². The minimum absolute atomic E-state index is 0.0482. The van der Waals surface area contributed by atoms with Crippen LogP contribution in [0, 0.1) is 21.4 Å². The van der Waals surface area contributed by atoms with Gasteiger partial charge in [-0.25, -0.2) is 0 Å². The molecule has 0 saturated heterocycles. The Morgan fingerprint density at radius 3 is 2.75 bits per heavy atom. The molecule has 98 valence electrons. The Morgan fingerprint density at radius 1 is 1.35 bits per heavy atom. The van der Waals surface area contributed by atoms with Gasteiger partial charge < -0.3 is 0 Å². The summed E-state index contributed by atoms with van der Waals surface area (Å²) in [5, 5.41) is 21.6. The highest BCUT2D eigenvalue weighted by Crippen LogP contribution is 2.19. The smallest absolute Gasteiger partial charge is 0.270 e. The lowest BCUT2D eigenvalue weighted by atomic mass is 10.0. The second-order valence-corrected chi connectivity index (χ2v) is 4.80. The molecule has 1 aromatic carbocycles. The number of ketones is 1. The summed E-state index contributed by atoms with van der Waals surface area (Å²) in [7, 11) is 0. The van der Waals surface area contributed by atoms with Gasteiger partial charge in [0.2, 0.25) is 5.78 Å². The number of carbonyl (C=O) groups excluding carboxylic acids is 1. The van der Waals surface area contributed by atoms with E-state index < -0.39 is 10.7 Å². The number of hydrogen-bond acceptors (Lipinski definition) is 5. The Kier molecular flexibility index (Phi) is 4.03. The molecule has 5 nitrogen and oxygen atoms in total. The van der Waals surface area contributed by atoms with Crippen molar-refractivity contribution in [2.45, 2.75) is 0 Å². The summed E-state index contributed by atoms with van der Waals surface area (Å²) in [4.78, 5) is 23.1. The molecule has 0 aliphatic heterocycles. The van der Waals surface area contributed by atoms with Crippen molar-refractivity contribution in [3.8, 4) is 6.07 Å². The third-order valence-corrected chi connectivity index (χ3v) is 3.33. The van der Waals surface area contributed by atoms with E-state index in [-0.39, 0.29) is 16.8 Å². The number of nitriles is 1. The Morgan fingerprint density at radius 2 is 2.15 bits per heavy atom. The van der Waals surface area contributed by atoms with Gasteiger partial charge in [0.05, 0.1) is 4.92 Å². The normalized spacial score (nSPS) is 10.8. The summed E-state index contributed by atoms with van der Waals surface area (Å²) in [6.07, 6.45) is 1.48. The third-order valence-electron chi connectivity index (χ3n) is 2.51. The van der Waals surface area contributed by atoms with E-state index in [1.165, 1.54) is 41.7 Å². The lowest BCUT2D eigenvalue weighted by molar-refractivity contribution is -0.384. The van der Waals surface area contributed by atoms with Crippen molar-refractivity contribution in [2.75, 3.05) is 0 Å². The van der Waals surface area contributed by atoms with E-state index in [2.05, 4.69) is 0 Å².